The lowest BCUT2D eigenvalue weighted by molar-refractivity contribution is 0.414. The van der Waals surface area contributed by atoms with Crippen LogP contribution in [-0.2, 0) is 0 Å². The van der Waals surface area contributed by atoms with Gasteiger partial charge >= 0.3 is 0 Å². The van der Waals surface area contributed by atoms with E-state index in [9.17, 15) is 0 Å². The molecule has 0 aliphatic rings. The van der Waals surface area contributed by atoms with E-state index >= 15 is 0 Å². The number of ether oxygens (including phenoxy) is 1. The fraction of sp³-hybridized carbons (Fsp3) is 0.417. The van der Waals surface area contributed by atoms with E-state index in [1.165, 1.54) is 5.56 Å². The predicted molar refractivity (Wildman–Crippen MR) is 59.6 cm³/mol. The molecule has 0 saturated carbocycles. The Morgan fingerprint density at radius 3 is 2.53 bits per heavy atom. The zero-order valence-electron chi connectivity index (χ0n) is 9.16. The maximum atomic E-state index is 8.54. The lowest BCUT2D eigenvalue weighted by atomic mass is 10.0. The van der Waals surface area contributed by atoms with E-state index < -0.39 is 0 Å². The van der Waals surface area contributed by atoms with Crippen LogP contribution in [0, 0.1) is 11.3 Å². The summed E-state index contributed by atoms with van der Waals surface area (Å²) in [5, 5.41) is 11.7. The van der Waals surface area contributed by atoms with E-state index in [0.29, 0.717) is 6.42 Å². The highest BCUT2D eigenvalue weighted by Crippen LogP contribution is 2.20. The Labute approximate surface area is 90.7 Å². The van der Waals surface area contributed by atoms with E-state index in [1.54, 1.807) is 7.11 Å². The van der Waals surface area contributed by atoms with Gasteiger partial charge in [-0.25, -0.2) is 0 Å². The van der Waals surface area contributed by atoms with Gasteiger partial charge in [-0.05, 0) is 31.2 Å². The van der Waals surface area contributed by atoms with Crippen molar-refractivity contribution >= 4 is 0 Å². The van der Waals surface area contributed by atoms with Crippen LogP contribution in [0.2, 0.25) is 0 Å². The molecular weight excluding hydrogens is 188 g/mol. The fourth-order valence-electron chi connectivity index (χ4n) is 1.52. The van der Waals surface area contributed by atoms with E-state index in [1.807, 2.05) is 31.3 Å². The third-order valence-electron chi connectivity index (χ3n) is 2.41. The summed E-state index contributed by atoms with van der Waals surface area (Å²) in [6.45, 7) is 0. The van der Waals surface area contributed by atoms with Crippen LogP contribution in [0.3, 0.4) is 0 Å². The lowest BCUT2D eigenvalue weighted by Crippen LogP contribution is -2.15. The smallest absolute Gasteiger partial charge is 0.118 e. The lowest BCUT2D eigenvalue weighted by Gasteiger charge is -2.15. The molecule has 3 nitrogen and oxygen atoms in total. The molecule has 1 aromatic carbocycles. The standard InChI is InChI=1S/C12H16N2O/c1-14-12(4-3-9-13)10-5-7-11(15-2)8-6-10/h5-8,12,14H,3-4H2,1-2H3. The van der Waals surface area contributed by atoms with Crippen molar-refractivity contribution < 1.29 is 4.74 Å². The summed E-state index contributed by atoms with van der Waals surface area (Å²) >= 11 is 0. The molecule has 3 heteroatoms. The average molecular weight is 204 g/mol. The molecule has 0 saturated heterocycles. The third kappa shape index (κ3) is 3.26. The molecular formula is C12H16N2O. The first kappa shape index (κ1) is 11.5. The normalized spacial score (nSPS) is 11.8. The van der Waals surface area contributed by atoms with Gasteiger partial charge in [-0.1, -0.05) is 12.1 Å². The molecule has 1 unspecified atom stereocenters. The van der Waals surface area contributed by atoms with Crippen molar-refractivity contribution in [3.8, 4) is 11.8 Å². The number of methoxy groups -OCH3 is 1. The maximum Gasteiger partial charge on any atom is 0.118 e. The van der Waals surface area contributed by atoms with Gasteiger partial charge in [-0.3, -0.25) is 0 Å². The van der Waals surface area contributed by atoms with Crippen molar-refractivity contribution in [2.45, 2.75) is 18.9 Å². The molecule has 1 N–H and O–H groups in total. The van der Waals surface area contributed by atoms with Crippen LogP contribution >= 0.6 is 0 Å². The summed E-state index contributed by atoms with van der Waals surface area (Å²) in [6.07, 6.45) is 1.40. The molecule has 0 fully saturated rings. The highest BCUT2D eigenvalue weighted by atomic mass is 16.5. The summed E-state index contributed by atoms with van der Waals surface area (Å²) < 4.78 is 5.09. The Morgan fingerprint density at radius 1 is 1.40 bits per heavy atom. The quantitative estimate of drug-likeness (QED) is 0.800. The van der Waals surface area contributed by atoms with Crippen molar-refractivity contribution in [3.63, 3.8) is 0 Å². The van der Waals surface area contributed by atoms with Crippen LogP contribution in [0.25, 0.3) is 0 Å². The summed E-state index contributed by atoms with van der Waals surface area (Å²) in [5.41, 5.74) is 1.19. The topological polar surface area (TPSA) is 45.0 Å². The van der Waals surface area contributed by atoms with Crippen LogP contribution in [0.5, 0.6) is 5.75 Å². The number of hydrogen-bond acceptors (Lipinski definition) is 3. The summed E-state index contributed by atoms with van der Waals surface area (Å²) in [6, 6.07) is 10.3. The second-order valence-corrected chi connectivity index (χ2v) is 3.31. The van der Waals surface area contributed by atoms with Gasteiger partial charge in [-0.2, -0.15) is 5.26 Å². The summed E-state index contributed by atoms with van der Waals surface area (Å²) in [5.74, 6) is 0.855. The van der Waals surface area contributed by atoms with Gasteiger partial charge in [0.25, 0.3) is 0 Å². The first-order valence-corrected chi connectivity index (χ1v) is 5.00. The Hall–Kier alpha value is -1.53. The third-order valence-corrected chi connectivity index (χ3v) is 2.41. The van der Waals surface area contributed by atoms with Crippen molar-refractivity contribution in [3.05, 3.63) is 29.8 Å². The molecule has 80 valence electrons. The Bertz CT molecular complexity index is 326. The molecule has 0 aliphatic heterocycles. The van der Waals surface area contributed by atoms with Crippen LogP contribution in [0.1, 0.15) is 24.4 Å². The average Bonchev–Trinajstić information content (AvgIpc) is 2.31. The summed E-state index contributed by atoms with van der Waals surface area (Å²) in [4.78, 5) is 0. The van der Waals surface area contributed by atoms with Crippen molar-refractivity contribution in [1.29, 1.82) is 5.26 Å². The van der Waals surface area contributed by atoms with Gasteiger partial charge in [0.1, 0.15) is 5.75 Å². The van der Waals surface area contributed by atoms with Crippen LogP contribution in [0.15, 0.2) is 24.3 Å². The molecule has 1 atom stereocenters. The highest BCUT2D eigenvalue weighted by molar-refractivity contribution is 5.29. The minimum Gasteiger partial charge on any atom is -0.497 e. The second kappa shape index (κ2) is 6.05. The number of nitriles is 1. The number of rotatable bonds is 5. The molecule has 1 aromatic rings. The van der Waals surface area contributed by atoms with Gasteiger partial charge in [0.2, 0.25) is 0 Å². The number of nitrogens with one attached hydrogen (secondary N) is 1. The van der Waals surface area contributed by atoms with E-state index in [4.69, 9.17) is 10.00 Å². The molecule has 0 aromatic heterocycles. The number of hydrogen-bond donors (Lipinski definition) is 1. The molecule has 0 amide bonds. The Balaban J connectivity index is 2.70. The first-order chi connectivity index (χ1) is 7.31. The van der Waals surface area contributed by atoms with Crippen molar-refractivity contribution in [1.82, 2.24) is 5.32 Å². The zero-order chi connectivity index (χ0) is 11.1. The summed E-state index contributed by atoms with van der Waals surface area (Å²) in [7, 11) is 3.56. The molecule has 15 heavy (non-hydrogen) atoms. The minimum atomic E-state index is 0.246. The van der Waals surface area contributed by atoms with E-state index in [2.05, 4.69) is 11.4 Å². The minimum absolute atomic E-state index is 0.246. The number of benzene rings is 1. The Morgan fingerprint density at radius 2 is 2.07 bits per heavy atom. The van der Waals surface area contributed by atoms with Gasteiger partial charge in [-0.15, -0.1) is 0 Å². The highest BCUT2D eigenvalue weighted by Gasteiger charge is 2.08. The van der Waals surface area contributed by atoms with Crippen LogP contribution < -0.4 is 10.1 Å². The zero-order valence-corrected chi connectivity index (χ0v) is 9.16. The predicted octanol–water partition coefficient (Wildman–Crippen LogP) is 2.26. The SMILES string of the molecule is CNC(CCC#N)c1ccc(OC)cc1. The molecule has 0 radical (unpaired) electrons. The Kier molecular flexibility index (Phi) is 4.65. The first-order valence-electron chi connectivity index (χ1n) is 5.00. The van der Waals surface area contributed by atoms with E-state index in [-0.39, 0.29) is 6.04 Å². The van der Waals surface area contributed by atoms with E-state index in [0.717, 1.165) is 12.2 Å². The number of nitrogens with zero attached hydrogens (tertiary/aromatic N) is 1. The van der Waals surface area contributed by atoms with Crippen LogP contribution in [-0.4, -0.2) is 14.2 Å². The second-order valence-electron chi connectivity index (χ2n) is 3.31. The van der Waals surface area contributed by atoms with Gasteiger partial charge in [0, 0.05) is 12.5 Å². The largest absolute Gasteiger partial charge is 0.497 e. The molecule has 0 bridgehead atoms. The maximum absolute atomic E-state index is 8.54. The van der Waals surface area contributed by atoms with Gasteiger partial charge < -0.3 is 10.1 Å². The van der Waals surface area contributed by atoms with Crippen molar-refractivity contribution in [2.75, 3.05) is 14.2 Å². The van der Waals surface area contributed by atoms with Gasteiger partial charge in [0.15, 0.2) is 0 Å². The van der Waals surface area contributed by atoms with Crippen molar-refractivity contribution in [2.24, 2.45) is 0 Å². The van der Waals surface area contributed by atoms with Gasteiger partial charge in [0.05, 0.1) is 13.2 Å². The molecule has 0 spiro atoms. The monoisotopic (exact) mass is 204 g/mol. The fourth-order valence-corrected chi connectivity index (χ4v) is 1.52. The molecule has 1 rings (SSSR count). The van der Waals surface area contributed by atoms with Crippen LogP contribution in [0.4, 0.5) is 0 Å². The molecule has 0 aliphatic carbocycles. The molecule has 0 heterocycles.